The molecule has 37 heavy (non-hydrogen) atoms. The number of nitrogens with one attached hydrogen (secondary N) is 3. The number of carbonyl (C=O) groups excluding carboxylic acids is 1. The van der Waals surface area contributed by atoms with E-state index in [0.717, 1.165) is 5.56 Å². The number of nitrogens with zero attached hydrogens (tertiary/aromatic N) is 2. The maximum Gasteiger partial charge on any atom is 0.409 e. The van der Waals surface area contributed by atoms with Gasteiger partial charge in [-0.3, -0.25) is 5.32 Å². The summed E-state index contributed by atoms with van der Waals surface area (Å²) < 4.78 is 29.2. The van der Waals surface area contributed by atoms with E-state index in [1.54, 1.807) is 41.2 Å². The molecule has 1 heterocycles. The van der Waals surface area contributed by atoms with Crippen molar-refractivity contribution in [3.05, 3.63) is 108 Å². The molecule has 4 rings (SSSR count). The minimum Gasteiger partial charge on any atom is -0.465 e. The highest BCUT2D eigenvalue weighted by Crippen LogP contribution is 2.22. The first-order valence-electron chi connectivity index (χ1n) is 11.0. The number of anilines is 1. The Balaban J connectivity index is 1.61. The van der Waals surface area contributed by atoms with Crippen LogP contribution >= 0.6 is 11.6 Å². The summed E-state index contributed by atoms with van der Waals surface area (Å²) in [4.78, 5) is 28.0. The molecule has 4 aromatic rings. The van der Waals surface area contributed by atoms with Crippen LogP contribution in [0, 0.1) is 0 Å². The van der Waals surface area contributed by atoms with E-state index in [1.807, 2.05) is 35.1 Å². The van der Waals surface area contributed by atoms with Crippen LogP contribution in [-0.4, -0.2) is 35.2 Å². The van der Waals surface area contributed by atoms with E-state index < -0.39 is 28.2 Å². The summed E-state index contributed by atoms with van der Waals surface area (Å²) in [5.41, 5.74) is 1.94. The molecule has 3 aromatic carbocycles. The van der Waals surface area contributed by atoms with Gasteiger partial charge in [-0.05, 0) is 54.4 Å². The summed E-state index contributed by atoms with van der Waals surface area (Å²) in [6.07, 6.45) is 2.39. The molecule has 0 radical (unpaired) electrons. The molecule has 3 amide bonds. The smallest absolute Gasteiger partial charge is 0.409 e. The summed E-state index contributed by atoms with van der Waals surface area (Å²) in [5.74, 6) is 0.443. The Morgan fingerprint density at radius 2 is 1.73 bits per heavy atom. The fourth-order valence-electron chi connectivity index (χ4n) is 3.68. The fraction of sp³-hybridized carbons (Fsp3) is 0.0800. The third-order valence-corrected chi connectivity index (χ3v) is 6.86. The number of sulfonamides is 1. The summed E-state index contributed by atoms with van der Waals surface area (Å²) >= 11 is 5.90. The van der Waals surface area contributed by atoms with Gasteiger partial charge in [0.15, 0.2) is 0 Å². The molecule has 10 nitrogen and oxygen atoms in total. The number of halogens is 1. The first-order valence-corrected chi connectivity index (χ1v) is 12.8. The largest absolute Gasteiger partial charge is 0.465 e. The van der Waals surface area contributed by atoms with E-state index in [0.29, 0.717) is 23.6 Å². The molecule has 0 aliphatic rings. The highest BCUT2D eigenvalue weighted by Gasteiger charge is 2.24. The number of urea groups is 1. The topological polar surface area (TPSA) is 142 Å². The molecular formula is C25H22ClN5O5S. The van der Waals surface area contributed by atoms with Crippen LogP contribution in [0.5, 0.6) is 0 Å². The number of imidazole rings is 1. The zero-order valence-electron chi connectivity index (χ0n) is 19.2. The highest BCUT2D eigenvalue weighted by molar-refractivity contribution is 7.90. The molecule has 0 saturated carbocycles. The number of aromatic nitrogens is 2. The lowest BCUT2D eigenvalue weighted by Gasteiger charge is -2.21. The normalized spacial score (nSPS) is 11.9. The maximum atomic E-state index is 12.9. The van der Waals surface area contributed by atoms with Crippen molar-refractivity contribution >= 4 is 39.4 Å². The molecule has 0 aliphatic heterocycles. The molecule has 0 spiro atoms. The van der Waals surface area contributed by atoms with Crippen LogP contribution in [0.15, 0.2) is 96.2 Å². The predicted molar refractivity (Wildman–Crippen MR) is 138 cm³/mol. The van der Waals surface area contributed by atoms with Crippen LogP contribution in [0.4, 0.5) is 15.3 Å². The van der Waals surface area contributed by atoms with E-state index in [-0.39, 0.29) is 9.92 Å². The van der Waals surface area contributed by atoms with Crippen LogP contribution in [0.3, 0.4) is 0 Å². The van der Waals surface area contributed by atoms with Crippen molar-refractivity contribution in [3.63, 3.8) is 0 Å². The summed E-state index contributed by atoms with van der Waals surface area (Å²) in [5, 5.41) is 14.1. The van der Waals surface area contributed by atoms with Gasteiger partial charge in [0.25, 0.3) is 10.0 Å². The quantitative estimate of drug-likeness (QED) is 0.258. The first-order chi connectivity index (χ1) is 17.7. The molecule has 4 N–H and O–H groups in total. The van der Waals surface area contributed by atoms with Crippen LogP contribution in [0.25, 0.3) is 5.69 Å². The number of carbonyl (C=O) groups is 2. The third-order valence-electron chi connectivity index (χ3n) is 5.30. The fourth-order valence-corrected chi connectivity index (χ4v) is 4.90. The van der Waals surface area contributed by atoms with Crippen molar-refractivity contribution < 1.29 is 23.1 Å². The number of benzene rings is 3. The molecule has 1 atom stereocenters. The van der Waals surface area contributed by atoms with Crippen molar-refractivity contribution in [3.8, 4) is 5.69 Å². The van der Waals surface area contributed by atoms with Gasteiger partial charge in [-0.2, -0.15) is 0 Å². The van der Waals surface area contributed by atoms with Crippen LogP contribution in [-0.2, 0) is 16.4 Å². The lowest BCUT2D eigenvalue weighted by molar-refractivity contribution is 0.209. The van der Waals surface area contributed by atoms with Crippen molar-refractivity contribution in [1.82, 2.24) is 19.6 Å². The van der Waals surface area contributed by atoms with Crippen LogP contribution in [0.1, 0.15) is 17.4 Å². The number of rotatable bonds is 8. The van der Waals surface area contributed by atoms with Gasteiger partial charge in [-0.15, -0.1) is 0 Å². The average molecular weight is 540 g/mol. The summed E-state index contributed by atoms with van der Waals surface area (Å²) in [7, 11) is -4.17. The Bertz CT molecular complexity index is 1510. The number of hydrogen-bond donors (Lipinski definition) is 4. The molecule has 1 aromatic heterocycles. The Labute approximate surface area is 218 Å². The van der Waals surface area contributed by atoms with Crippen molar-refractivity contribution in [2.75, 3.05) is 5.32 Å². The predicted octanol–water partition coefficient (Wildman–Crippen LogP) is 4.59. The standard InChI is InChI=1S/C25H22ClN5O5S/c26-18-7-4-8-21(16-18)37(35,36)30-24(32)29-22(15-17-5-2-1-3-6-17)23-27-13-14-31(23)20-11-9-19(10-12-20)28-25(33)34/h1-14,16,22,28H,15H2,(H,33,34)(H2,29,30,32). The number of hydrogen-bond acceptors (Lipinski definition) is 5. The minimum atomic E-state index is -4.17. The summed E-state index contributed by atoms with van der Waals surface area (Å²) in [6, 6.07) is 19.9. The second-order valence-corrected chi connectivity index (χ2v) is 10.0. The lowest BCUT2D eigenvalue weighted by atomic mass is 10.1. The van der Waals surface area contributed by atoms with Crippen molar-refractivity contribution in [1.29, 1.82) is 0 Å². The maximum absolute atomic E-state index is 12.9. The molecule has 0 fully saturated rings. The highest BCUT2D eigenvalue weighted by atomic mass is 35.5. The van der Waals surface area contributed by atoms with Gasteiger partial charge in [0, 0.05) is 28.8 Å². The molecule has 1 unspecified atom stereocenters. The number of amides is 3. The van der Waals surface area contributed by atoms with E-state index in [1.165, 1.54) is 24.3 Å². The van der Waals surface area contributed by atoms with E-state index >= 15 is 0 Å². The molecule has 0 bridgehead atoms. The molecular weight excluding hydrogens is 518 g/mol. The average Bonchev–Trinajstić information content (AvgIpc) is 3.34. The van der Waals surface area contributed by atoms with Crippen molar-refractivity contribution in [2.24, 2.45) is 0 Å². The summed E-state index contributed by atoms with van der Waals surface area (Å²) in [6.45, 7) is 0. The Hall–Kier alpha value is -4.35. The molecule has 190 valence electrons. The second-order valence-electron chi connectivity index (χ2n) is 7.91. The van der Waals surface area contributed by atoms with Crippen molar-refractivity contribution in [2.45, 2.75) is 17.4 Å². The van der Waals surface area contributed by atoms with Gasteiger partial charge in [-0.25, -0.2) is 27.7 Å². The SMILES string of the molecule is O=C(O)Nc1ccc(-n2ccnc2C(Cc2ccccc2)NC(=O)NS(=O)(=O)c2cccc(Cl)c2)cc1. The number of carboxylic acid groups (broad SMARTS) is 1. The molecule has 12 heteroatoms. The van der Waals surface area contributed by atoms with Gasteiger partial charge in [0.1, 0.15) is 5.82 Å². The van der Waals surface area contributed by atoms with Gasteiger partial charge >= 0.3 is 12.1 Å². The Kier molecular flexibility index (Phi) is 7.75. The van der Waals surface area contributed by atoms with Crippen LogP contribution in [0.2, 0.25) is 5.02 Å². The Morgan fingerprint density at radius 3 is 2.41 bits per heavy atom. The lowest BCUT2D eigenvalue weighted by Crippen LogP contribution is -2.42. The van der Waals surface area contributed by atoms with Crippen LogP contribution < -0.4 is 15.4 Å². The van der Waals surface area contributed by atoms with E-state index in [4.69, 9.17) is 16.7 Å². The second kappa shape index (κ2) is 11.1. The minimum absolute atomic E-state index is 0.147. The zero-order valence-corrected chi connectivity index (χ0v) is 20.8. The Morgan fingerprint density at radius 1 is 1.00 bits per heavy atom. The van der Waals surface area contributed by atoms with Gasteiger partial charge < -0.3 is 15.0 Å². The molecule has 0 saturated heterocycles. The monoisotopic (exact) mass is 539 g/mol. The molecule has 0 aliphatic carbocycles. The van der Waals surface area contributed by atoms with E-state index in [9.17, 15) is 18.0 Å². The first kappa shape index (κ1) is 25.7. The third kappa shape index (κ3) is 6.66. The van der Waals surface area contributed by atoms with Gasteiger partial charge in [0.2, 0.25) is 0 Å². The van der Waals surface area contributed by atoms with Gasteiger partial charge in [0.05, 0.1) is 10.9 Å². The zero-order chi connectivity index (χ0) is 26.4. The van der Waals surface area contributed by atoms with Gasteiger partial charge in [-0.1, -0.05) is 48.0 Å². The van der Waals surface area contributed by atoms with E-state index in [2.05, 4.69) is 15.6 Å².